The smallest absolute Gasteiger partial charge is 0.410 e. The maximum Gasteiger partial charge on any atom is 0.410 e. The van der Waals surface area contributed by atoms with Crippen molar-refractivity contribution < 1.29 is 19.0 Å². The number of hydrogen-bond donors (Lipinski definition) is 0. The molecule has 0 atom stereocenters. The molecule has 3 aliphatic heterocycles. The fourth-order valence-corrected chi connectivity index (χ4v) is 5.59. The van der Waals surface area contributed by atoms with E-state index in [-0.39, 0.29) is 12.4 Å². The van der Waals surface area contributed by atoms with Gasteiger partial charge in [-0.3, -0.25) is 0 Å². The topological polar surface area (TPSA) is 51.2 Å². The summed E-state index contributed by atoms with van der Waals surface area (Å²) in [7, 11) is 0. The molecule has 2 aromatic rings. The van der Waals surface area contributed by atoms with Crippen LogP contribution in [-0.4, -0.2) is 56.7 Å². The zero-order valence-electron chi connectivity index (χ0n) is 20.6. The van der Waals surface area contributed by atoms with E-state index in [1.165, 1.54) is 30.5 Å². The van der Waals surface area contributed by atoms with Gasteiger partial charge >= 0.3 is 6.09 Å². The molecule has 5 rings (SSSR count). The van der Waals surface area contributed by atoms with Crippen LogP contribution in [0.25, 0.3) is 0 Å². The van der Waals surface area contributed by atoms with Gasteiger partial charge in [0.1, 0.15) is 6.61 Å². The zero-order chi connectivity index (χ0) is 23.9. The molecule has 0 saturated carbocycles. The molecule has 0 aromatic heterocycles. The monoisotopic (exact) mass is 478 g/mol. The molecular formula is C29H38N2O4. The Bertz CT molecular complexity index is 913. The highest BCUT2D eigenvalue weighted by Gasteiger charge is 2.26. The maximum atomic E-state index is 12.5. The molecule has 3 saturated heterocycles. The molecule has 0 aliphatic carbocycles. The van der Waals surface area contributed by atoms with E-state index in [9.17, 15) is 4.79 Å². The minimum Gasteiger partial charge on any atom is -0.445 e. The fraction of sp³-hybridized carbons (Fsp3) is 0.552. The normalized spacial score (nSPS) is 20.3. The lowest BCUT2D eigenvalue weighted by molar-refractivity contribution is -0.0506. The number of nitrogens with zero attached hydrogens (tertiary/aromatic N) is 2. The van der Waals surface area contributed by atoms with Crippen LogP contribution in [0.1, 0.15) is 55.6 Å². The summed E-state index contributed by atoms with van der Waals surface area (Å²) in [6, 6.07) is 19.0. The standard InChI is InChI=1S/C29H38N2O4/c32-29(35-22-24-4-2-1-3-5-24)31-18-14-26(15-19-31)25-7-9-27(10-8-25)30-16-12-23(13-17-30)6-11-28-33-20-21-34-28/h1-5,7-10,23,26,28H,6,11-22H2. The van der Waals surface area contributed by atoms with Gasteiger partial charge in [0.05, 0.1) is 13.2 Å². The van der Waals surface area contributed by atoms with Crippen molar-refractivity contribution in [3.05, 3.63) is 65.7 Å². The second-order valence-corrected chi connectivity index (χ2v) is 10.1. The predicted octanol–water partition coefficient (Wildman–Crippen LogP) is 5.57. The SMILES string of the molecule is O=C(OCc1ccccc1)N1CCC(c2ccc(N3CCC(CCC4OCCO4)CC3)cc2)CC1. The quantitative estimate of drug-likeness (QED) is 0.521. The molecule has 0 unspecified atom stereocenters. The Morgan fingerprint density at radius 2 is 1.51 bits per heavy atom. The lowest BCUT2D eigenvalue weighted by atomic mass is 9.89. The van der Waals surface area contributed by atoms with Gasteiger partial charge in [0, 0.05) is 31.9 Å². The molecular weight excluding hydrogens is 440 g/mol. The molecule has 0 bridgehead atoms. The number of anilines is 1. The van der Waals surface area contributed by atoms with Crippen molar-refractivity contribution >= 4 is 11.8 Å². The molecule has 188 valence electrons. The number of amides is 1. The molecule has 0 N–H and O–H groups in total. The Kier molecular flexibility index (Phi) is 8.22. The van der Waals surface area contributed by atoms with Gasteiger partial charge in [-0.05, 0) is 73.6 Å². The summed E-state index contributed by atoms with van der Waals surface area (Å²) in [4.78, 5) is 16.8. The summed E-state index contributed by atoms with van der Waals surface area (Å²) in [5.74, 6) is 1.29. The molecule has 3 aliphatic rings. The predicted molar refractivity (Wildman–Crippen MR) is 136 cm³/mol. The van der Waals surface area contributed by atoms with Gasteiger partial charge in [0.25, 0.3) is 0 Å². The Balaban J connectivity index is 1.03. The van der Waals surface area contributed by atoms with Gasteiger partial charge in [-0.1, -0.05) is 42.5 Å². The van der Waals surface area contributed by atoms with Crippen LogP contribution in [-0.2, 0) is 20.8 Å². The second-order valence-electron chi connectivity index (χ2n) is 10.1. The van der Waals surface area contributed by atoms with E-state index in [4.69, 9.17) is 14.2 Å². The molecule has 3 heterocycles. The van der Waals surface area contributed by atoms with Crippen LogP contribution in [0.5, 0.6) is 0 Å². The number of likely N-dealkylation sites (tertiary alicyclic amines) is 1. The third kappa shape index (κ3) is 6.56. The lowest BCUT2D eigenvalue weighted by Crippen LogP contribution is -2.38. The third-order valence-corrected chi connectivity index (χ3v) is 7.80. The highest BCUT2D eigenvalue weighted by Crippen LogP contribution is 2.32. The van der Waals surface area contributed by atoms with Gasteiger partial charge in [0.2, 0.25) is 0 Å². The van der Waals surface area contributed by atoms with Gasteiger partial charge in [0.15, 0.2) is 6.29 Å². The largest absolute Gasteiger partial charge is 0.445 e. The van der Waals surface area contributed by atoms with Crippen molar-refractivity contribution in [3.8, 4) is 0 Å². The number of hydrogen-bond acceptors (Lipinski definition) is 5. The Hall–Kier alpha value is -2.57. The lowest BCUT2D eigenvalue weighted by Gasteiger charge is -2.34. The fourth-order valence-electron chi connectivity index (χ4n) is 5.59. The van der Waals surface area contributed by atoms with E-state index in [1.54, 1.807) is 0 Å². The van der Waals surface area contributed by atoms with Crippen molar-refractivity contribution in [3.63, 3.8) is 0 Å². The summed E-state index contributed by atoms with van der Waals surface area (Å²) >= 11 is 0. The average molecular weight is 479 g/mol. The van der Waals surface area contributed by atoms with Gasteiger partial charge in [-0.25, -0.2) is 4.79 Å². The Morgan fingerprint density at radius 1 is 0.829 bits per heavy atom. The summed E-state index contributed by atoms with van der Waals surface area (Å²) in [6.45, 7) is 5.59. The van der Waals surface area contributed by atoms with Crippen molar-refractivity contribution in [2.45, 2.75) is 57.3 Å². The number of carbonyl (C=O) groups excluding carboxylic acids is 1. The van der Waals surface area contributed by atoms with E-state index in [0.29, 0.717) is 12.5 Å². The number of piperidine rings is 2. The highest BCUT2D eigenvalue weighted by atomic mass is 16.7. The van der Waals surface area contributed by atoms with Crippen molar-refractivity contribution in [1.82, 2.24) is 4.90 Å². The minimum atomic E-state index is -0.200. The molecule has 6 nitrogen and oxygen atoms in total. The van der Waals surface area contributed by atoms with Gasteiger partial charge in [-0.15, -0.1) is 0 Å². The first-order valence-electron chi connectivity index (χ1n) is 13.3. The number of benzene rings is 2. The van der Waals surface area contributed by atoms with Gasteiger partial charge < -0.3 is 24.0 Å². The van der Waals surface area contributed by atoms with E-state index < -0.39 is 0 Å². The first-order valence-corrected chi connectivity index (χ1v) is 13.3. The van der Waals surface area contributed by atoms with Crippen molar-refractivity contribution in [1.29, 1.82) is 0 Å². The van der Waals surface area contributed by atoms with E-state index >= 15 is 0 Å². The van der Waals surface area contributed by atoms with Crippen LogP contribution in [0, 0.1) is 5.92 Å². The maximum absolute atomic E-state index is 12.5. The van der Waals surface area contributed by atoms with Crippen LogP contribution < -0.4 is 4.90 Å². The molecule has 3 fully saturated rings. The van der Waals surface area contributed by atoms with Crippen LogP contribution >= 0.6 is 0 Å². The molecule has 0 spiro atoms. The Morgan fingerprint density at radius 3 is 2.20 bits per heavy atom. The number of ether oxygens (including phenoxy) is 3. The molecule has 0 radical (unpaired) electrons. The molecule has 1 amide bonds. The molecule has 2 aromatic carbocycles. The molecule has 35 heavy (non-hydrogen) atoms. The average Bonchev–Trinajstić information content (AvgIpc) is 3.46. The number of rotatable bonds is 7. The summed E-state index contributed by atoms with van der Waals surface area (Å²) < 4.78 is 16.7. The molecule has 6 heteroatoms. The van der Waals surface area contributed by atoms with Crippen LogP contribution in [0.4, 0.5) is 10.5 Å². The summed E-state index contributed by atoms with van der Waals surface area (Å²) in [6.07, 6.45) is 6.53. The van der Waals surface area contributed by atoms with E-state index in [1.807, 2.05) is 35.2 Å². The van der Waals surface area contributed by atoms with Crippen molar-refractivity contribution in [2.24, 2.45) is 5.92 Å². The first kappa shape index (κ1) is 24.1. The van der Waals surface area contributed by atoms with Crippen molar-refractivity contribution in [2.75, 3.05) is 44.3 Å². The van der Waals surface area contributed by atoms with E-state index in [0.717, 1.165) is 70.1 Å². The highest BCUT2D eigenvalue weighted by molar-refractivity contribution is 5.67. The number of carbonyl (C=O) groups is 1. The summed E-state index contributed by atoms with van der Waals surface area (Å²) in [5.41, 5.74) is 3.74. The van der Waals surface area contributed by atoms with Crippen LogP contribution in [0.3, 0.4) is 0 Å². The minimum absolute atomic E-state index is 0.0346. The first-order chi connectivity index (χ1) is 17.2. The van der Waals surface area contributed by atoms with Gasteiger partial charge in [-0.2, -0.15) is 0 Å². The third-order valence-electron chi connectivity index (χ3n) is 7.80. The second kappa shape index (κ2) is 11.9. The zero-order valence-corrected chi connectivity index (χ0v) is 20.6. The Labute approximate surface area is 209 Å². The van der Waals surface area contributed by atoms with Crippen LogP contribution in [0.15, 0.2) is 54.6 Å². The van der Waals surface area contributed by atoms with E-state index in [2.05, 4.69) is 29.2 Å². The van der Waals surface area contributed by atoms with Crippen LogP contribution in [0.2, 0.25) is 0 Å². The summed E-state index contributed by atoms with van der Waals surface area (Å²) in [5, 5.41) is 0.